The minimum atomic E-state index is -1.82. The highest BCUT2D eigenvalue weighted by atomic mass is 16.5. The number of hydrogen-bond donors (Lipinski definition) is 4. The molecule has 3 rings (SSSR count). The normalized spacial score (nSPS) is 14.6. The lowest BCUT2D eigenvalue weighted by molar-refractivity contribution is -0.159. The number of carbonyl (C=O) groups is 3. The van der Waals surface area contributed by atoms with Gasteiger partial charge >= 0.3 is 11.9 Å². The molecule has 0 aromatic heterocycles. The number of anilines is 1. The van der Waals surface area contributed by atoms with Gasteiger partial charge < -0.3 is 30.1 Å². The molecule has 1 atom stereocenters. The van der Waals surface area contributed by atoms with Gasteiger partial charge in [0.25, 0.3) is 0 Å². The number of carbonyl (C=O) groups excluding carboxylic acids is 1. The fourth-order valence-electron chi connectivity index (χ4n) is 3.80. The average Bonchev–Trinajstić information content (AvgIpc) is 2.87. The summed E-state index contributed by atoms with van der Waals surface area (Å²) >= 11 is 0. The molecule has 4 N–H and O–H groups in total. The van der Waals surface area contributed by atoms with Crippen LogP contribution in [0.25, 0.3) is 0 Å². The fraction of sp³-hybridized carbons (Fsp3) is 0.423. The summed E-state index contributed by atoms with van der Waals surface area (Å²) in [4.78, 5) is 35.0. The molecule has 37 heavy (non-hydrogen) atoms. The van der Waals surface area contributed by atoms with E-state index in [1.807, 2.05) is 56.3 Å². The minimum absolute atomic E-state index is 0.0103. The molecule has 1 aliphatic rings. The number of aliphatic hydroxyl groups excluding tert-OH is 1. The lowest BCUT2D eigenvalue weighted by Crippen LogP contribution is -2.50. The zero-order chi connectivity index (χ0) is 27.4. The number of amides is 1. The first-order valence-electron chi connectivity index (χ1n) is 11.8. The van der Waals surface area contributed by atoms with E-state index < -0.39 is 18.0 Å². The topological polar surface area (TPSA) is 149 Å². The highest BCUT2D eigenvalue weighted by molar-refractivity contribution is 6.27. The van der Waals surface area contributed by atoms with E-state index >= 15 is 0 Å². The summed E-state index contributed by atoms with van der Waals surface area (Å²) in [6, 6.07) is 13.4. The monoisotopic (exact) mass is 517 g/mol. The number of methoxy groups -OCH3 is 1. The van der Waals surface area contributed by atoms with Crippen molar-refractivity contribution in [1.29, 1.82) is 0 Å². The second-order valence-electron chi connectivity index (χ2n) is 8.62. The number of benzene rings is 2. The van der Waals surface area contributed by atoms with E-state index in [0.29, 0.717) is 24.6 Å². The van der Waals surface area contributed by atoms with Gasteiger partial charge in [-0.25, -0.2) is 9.59 Å². The van der Waals surface area contributed by atoms with Gasteiger partial charge in [-0.3, -0.25) is 14.6 Å². The molecule has 0 spiro atoms. The van der Waals surface area contributed by atoms with Gasteiger partial charge in [0.1, 0.15) is 12.7 Å². The van der Waals surface area contributed by atoms with Crippen LogP contribution in [0.15, 0.2) is 42.5 Å². The third-order valence-electron chi connectivity index (χ3n) is 5.73. The molecule has 1 fully saturated rings. The average molecular weight is 518 g/mol. The molecule has 202 valence electrons. The van der Waals surface area contributed by atoms with Crippen LogP contribution in [0, 0.1) is 13.8 Å². The van der Waals surface area contributed by atoms with Gasteiger partial charge in [-0.05, 0) is 37.1 Å². The number of nitrogens with one attached hydrogen (secondary N) is 1. The van der Waals surface area contributed by atoms with Gasteiger partial charge in [0.05, 0.1) is 13.7 Å². The molecule has 11 nitrogen and oxygen atoms in total. The number of aliphatic carboxylic acids is 2. The Bertz CT molecular complexity index is 1020. The van der Waals surface area contributed by atoms with Gasteiger partial charge in [-0.1, -0.05) is 30.3 Å². The summed E-state index contributed by atoms with van der Waals surface area (Å²) in [6.07, 6.45) is -0.594. The zero-order valence-electron chi connectivity index (χ0n) is 21.3. The van der Waals surface area contributed by atoms with Crippen LogP contribution in [0.5, 0.6) is 11.5 Å². The molecule has 1 heterocycles. The number of β-amino-alcohol motifs (C(OH)–C–C–N with tert-alkyl or cyclic N) is 1. The van der Waals surface area contributed by atoms with Crippen molar-refractivity contribution >= 4 is 23.5 Å². The van der Waals surface area contributed by atoms with E-state index in [9.17, 15) is 9.90 Å². The van der Waals surface area contributed by atoms with Gasteiger partial charge in [-0.2, -0.15) is 0 Å². The van der Waals surface area contributed by atoms with E-state index in [1.165, 1.54) is 0 Å². The van der Waals surface area contributed by atoms with Gasteiger partial charge in [0.15, 0.2) is 11.5 Å². The predicted octanol–water partition coefficient (Wildman–Crippen LogP) is 1.46. The lowest BCUT2D eigenvalue weighted by Gasteiger charge is -2.35. The second kappa shape index (κ2) is 14.8. The summed E-state index contributed by atoms with van der Waals surface area (Å²) in [5.41, 5.74) is 3.05. The molecule has 1 amide bonds. The van der Waals surface area contributed by atoms with Crippen LogP contribution in [0.3, 0.4) is 0 Å². The van der Waals surface area contributed by atoms with E-state index in [-0.39, 0.29) is 12.5 Å². The molecular weight excluding hydrogens is 482 g/mol. The number of carboxylic acids is 2. The Balaban J connectivity index is 0.000000717. The third-order valence-corrected chi connectivity index (χ3v) is 5.73. The maximum Gasteiger partial charge on any atom is 0.414 e. The molecule has 0 bridgehead atoms. The molecule has 1 aliphatic heterocycles. The molecule has 1 saturated heterocycles. The smallest absolute Gasteiger partial charge is 0.414 e. The van der Waals surface area contributed by atoms with Crippen molar-refractivity contribution in [3.05, 3.63) is 53.6 Å². The number of nitrogens with zero attached hydrogens (tertiary/aromatic N) is 2. The van der Waals surface area contributed by atoms with Gasteiger partial charge in [-0.15, -0.1) is 0 Å². The van der Waals surface area contributed by atoms with Crippen LogP contribution in [0.2, 0.25) is 0 Å². The molecule has 0 radical (unpaired) electrons. The maximum atomic E-state index is 12.5. The summed E-state index contributed by atoms with van der Waals surface area (Å²) in [6.45, 7) is 8.33. The van der Waals surface area contributed by atoms with Crippen molar-refractivity contribution in [2.75, 3.05) is 58.3 Å². The first-order valence-corrected chi connectivity index (χ1v) is 11.8. The Morgan fingerprint density at radius 2 is 1.43 bits per heavy atom. The van der Waals surface area contributed by atoms with Crippen molar-refractivity contribution in [2.24, 2.45) is 0 Å². The lowest BCUT2D eigenvalue weighted by atomic mass is 10.1. The van der Waals surface area contributed by atoms with Gasteiger partial charge in [0.2, 0.25) is 5.91 Å². The Labute approximate surface area is 216 Å². The van der Waals surface area contributed by atoms with Crippen molar-refractivity contribution in [3.63, 3.8) is 0 Å². The van der Waals surface area contributed by atoms with E-state index in [2.05, 4.69) is 15.1 Å². The number of aliphatic hydroxyl groups is 1. The van der Waals surface area contributed by atoms with Crippen LogP contribution < -0.4 is 14.8 Å². The molecule has 2 aromatic carbocycles. The fourth-order valence-corrected chi connectivity index (χ4v) is 3.80. The number of aryl methyl sites for hydroxylation is 2. The first kappa shape index (κ1) is 29.6. The number of para-hydroxylation sites is 3. The summed E-state index contributed by atoms with van der Waals surface area (Å²) in [5, 5.41) is 28.2. The highest BCUT2D eigenvalue weighted by Gasteiger charge is 2.21. The minimum Gasteiger partial charge on any atom is -0.493 e. The van der Waals surface area contributed by atoms with E-state index in [1.54, 1.807) is 7.11 Å². The Morgan fingerprint density at radius 1 is 0.892 bits per heavy atom. The summed E-state index contributed by atoms with van der Waals surface area (Å²) in [7, 11) is 1.60. The SMILES string of the molecule is COc1ccccc1OCC(O)CN1CCN(CC(=O)Nc2c(C)cccc2C)CC1.O=C(O)C(=O)O. The van der Waals surface area contributed by atoms with Crippen LogP contribution >= 0.6 is 0 Å². The standard InChI is InChI=1S/C24H33N3O4.C2H2O4/c1-18-7-6-8-19(2)24(18)25-23(29)16-27-13-11-26(12-14-27)15-20(28)17-31-22-10-5-4-9-21(22)30-3;3-1(4)2(5)6/h4-10,20,28H,11-17H2,1-3H3,(H,25,29);(H,3,4)(H,5,6). The van der Waals surface area contributed by atoms with Crippen LogP contribution in [-0.2, 0) is 14.4 Å². The van der Waals surface area contributed by atoms with Crippen LogP contribution in [0.1, 0.15) is 11.1 Å². The predicted molar refractivity (Wildman–Crippen MR) is 137 cm³/mol. The van der Waals surface area contributed by atoms with Crippen LogP contribution in [0.4, 0.5) is 5.69 Å². The summed E-state index contributed by atoms with van der Waals surface area (Å²) in [5.74, 6) is -2.35. The van der Waals surface area contributed by atoms with Crippen molar-refractivity contribution in [1.82, 2.24) is 9.80 Å². The maximum absolute atomic E-state index is 12.5. The molecule has 0 saturated carbocycles. The second-order valence-corrected chi connectivity index (χ2v) is 8.62. The van der Waals surface area contributed by atoms with E-state index in [0.717, 1.165) is 43.0 Å². The molecule has 0 aliphatic carbocycles. The Morgan fingerprint density at radius 3 is 1.97 bits per heavy atom. The number of ether oxygens (including phenoxy) is 2. The number of hydrogen-bond acceptors (Lipinski definition) is 8. The summed E-state index contributed by atoms with van der Waals surface area (Å²) < 4.78 is 11.0. The molecule has 2 aromatic rings. The highest BCUT2D eigenvalue weighted by Crippen LogP contribution is 2.25. The van der Waals surface area contributed by atoms with Crippen molar-refractivity contribution < 1.29 is 39.2 Å². The van der Waals surface area contributed by atoms with Gasteiger partial charge in [0, 0.05) is 38.4 Å². The molecule has 11 heteroatoms. The Hall–Kier alpha value is -3.67. The first-order chi connectivity index (χ1) is 17.6. The zero-order valence-corrected chi connectivity index (χ0v) is 21.3. The van der Waals surface area contributed by atoms with Crippen molar-refractivity contribution in [2.45, 2.75) is 20.0 Å². The van der Waals surface area contributed by atoms with Crippen LogP contribution in [-0.4, -0.2) is 102 Å². The number of carboxylic acid groups (broad SMARTS) is 2. The number of rotatable bonds is 9. The molecular formula is C26H35N3O8. The molecule has 1 unspecified atom stereocenters. The quantitative estimate of drug-likeness (QED) is 0.360. The number of piperazine rings is 1. The van der Waals surface area contributed by atoms with Crippen molar-refractivity contribution in [3.8, 4) is 11.5 Å². The Kier molecular flexibility index (Phi) is 11.8. The largest absolute Gasteiger partial charge is 0.493 e. The third kappa shape index (κ3) is 10.1. The van der Waals surface area contributed by atoms with E-state index in [4.69, 9.17) is 29.3 Å².